The number of allylic oxidation sites excluding steroid dienone is 3. The monoisotopic (exact) mass is 285 g/mol. The molecule has 0 saturated heterocycles. The normalized spacial score (nSPS) is 11.4. The summed E-state index contributed by atoms with van der Waals surface area (Å²) in [6.07, 6.45) is 4.01. The van der Waals surface area contributed by atoms with E-state index in [9.17, 15) is 0 Å². The van der Waals surface area contributed by atoms with Crippen molar-refractivity contribution in [2.75, 3.05) is 5.32 Å². The second-order valence-electron chi connectivity index (χ2n) is 5.15. The van der Waals surface area contributed by atoms with Gasteiger partial charge in [-0.25, -0.2) is 0 Å². The number of hydrogen-bond acceptors (Lipinski definition) is 1. The molecule has 0 fully saturated rings. The number of nitrogens with one attached hydrogen (secondary N) is 1. The molecule has 0 amide bonds. The van der Waals surface area contributed by atoms with Crippen LogP contribution in [0.1, 0.15) is 12.5 Å². The number of fused-ring (bicyclic) bond motifs is 1. The summed E-state index contributed by atoms with van der Waals surface area (Å²) in [6, 6.07) is 23.0. The Labute approximate surface area is 131 Å². The molecule has 0 aliphatic carbocycles. The summed E-state index contributed by atoms with van der Waals surface area (Å²) in [5.74, 6) is 0. The third-order valence-corrected chi connectivity index (χ3v) is 3.82. The molecule has 0 unspecified atom stereocenters. The third-order valence-electron chi connectivity index (χ3n) is 3.82. The lowest BCUT2D eigenvalue weighted by atomic mass is 9.97. The zero-order chi connectivity index (χ0) is 15.4. The van der Waals surface area contributed by atoms with Crippen LogP contribution in [0.2, 0.25) is 0 Å². The molecule has 0 bridgehead atoms. The maximum Gasteiger partial charge on any atom is 0.0464 e. The minimum absolute atomic E-state index is 1.09. The Balaban J connectivity index is 2.14. The van der Waals surface area contributed by atoms with E-state index in [1.54, 1.807) is 0 Å². The molecule has 0 spiro atoms. The van der Waals surface area contributed by atoms with Crippen molar-refractivity contribution in [3.63, 3.8) is 0 Å². The van der Waals surface area contributed by atoms with E-state index in [2.05, 4.69) is 66.5 Å². The Morgan fingerprint density at radius 1 is 0.864 bits per heavy atom. The van der Waals surface area contributed by atoms with Crippen molar-refractivity contribution in [3.8, 4) is 0 Å². The first-order chi connectivity index (χ1) is 10.8. The summed E-state index contributed by atoms with van der Waals surface area (Å²) in [5.41, 5.74) is 4.58. The first-order valence-corrected chi connectivity index (χ1v) is 7.46. The van der Waals surface area contributed by atoms with Gasteiger partial charge in [0.25, 0.3) is 0 Å². The molecule has 3 aromatic carbocycles. The standard InChI is InChI=1S/C21H19N/c1-3-16(4-2)18-14-15-21(20-13-9-8-12-19(18)20)22-17-10-6-5-7-11-17/h3-15,22H,1H2,2H3/b16-4+. The quantitative estimate of drug-likeness (QED) is 0.565. The molecule has 1 N–H and O–H groups in total. The molecule has 1 nitrogen and oxygen atoms in total. The van der Waals surface area contributed by atoms with Crippen LogP contribution >= 0.6 is 0 Å². The van der Waals surface area contributed by atoms with Gasteiger partial charge in [-0.3, -0.25) is 0 Å². The van der Waals surface area contributed by atoms with Crippen LogP contribution < -0.4 is 5.32 Å². The summed E-state index contributed by atoms with van der Waals surface area (Å²) in [7, 11) is 0. The molecule has 0 saturated carbocycles. The average Bonchev–Trinajstić information content (AvgIpc) is 2.58. The predicted octanol–water partition coefficient (Wildman–Crippen LogP) is 6.17. The lowest BCUT2D eigenvalue weighted by molar-refractivity contribution is 1.56. The molecular weight excluding hydrogens is 266 g/mol. The number of anilines is 2. The topological polar surface area (TPSA) is 12.0 Å². The second-order valence-corrected chi connectivity index (χ2v) is 5.15. The summed E-state index contributed by atoms with van der Waals surface area (Å²) in [6.45, 7) is 5.96. The van der Waals surface area contributed by atoms with Gasteiger partial charge in [-0.05, 0) is 41.6 Å². The van der Waals surface area contributed by atoms with E-state index >= 15 is 0 Å². The lowest BCUT2D eigenvalue weighted by Crippen LogP contribution is -1.93. The minimum Gasteiger partial charge on any atom is -0.355 e. The van der Waals surface area contributed by atoms with Gasteiger partial charge in [0, 0.05) is 16.8 Å². The first kappa shape index (κ1) is 14.2. The van der Waals surface area contributed by atoms with Crippen molar-refractivity contribution in [1.82, 2.24) is 0 Å². The SMILES string of the molecule is C=C/C(=C\C)c1ccc(Nc2ccccc2)c2ccccc12. The van der Waals surface area contributed by atoms with Crippen LogP contribution in [0.3, 0.4) is 0 Å². The number of hydrogen-bond donors (Lipinski definition) is 1. The van der Waals surface area contributed by atoms with E-state index in [4.69, 9.17) is 0 Å². The van der Waals surface area contributed by atoms with Crippen molar-refractivity contribution in [2.45, 2.75) is 6.92 Å². The molecule has 22 heavy (non-hydrogen) atoms. The Hall–Kier alpha value is -2.80. The molecule has 1 heteroatoms. The molecule has 0 atom stereocenters. The smallest absolute Gasteiger partial charge is 0.0464 e. The van der Waals surface area contributed by atoms with Gasteiger partial charge in [-0.2, -0.15) is 0 Å². The maximum atomic E-state index is 3.92. The van der Waals surface area contributed by atoms with Crippen molar-refractivity contribution in [2.24, 2.45) is 0 Å². The second kappa shape index (κ2) is 6.31. The summed E-state index contributed by atoms with van der Waals surface area (Å²) in [4.78, 5) is 0. The highest BCUT2D eigenvalue weighted by molar-refractivity contribution is 6.03. The van der Waals surface area contributed by atoms with Crippen LogP contribution in [0.5, 0.6) is 0 Å². The number of para-hydroxylation sites is 1. The first-order valence-electron chi connectivity index (χ1n) is 7.46. The van der Waals surface area contributed by atoms with Gasteiger partial charge in [-0.15, -0.1) is 0 Å². The molecule has 108 valence electrons. The highest BCUT2D eigenvalue weighted by Gasteiger charge is 2.07. The minimum atomic E-state index is 1.09. The van der Waals surface area contributed by atoms with Crippen LogP contribution in [0, 0.1) is 0 Å². The van der Waals surface area contributed by atoms with Crippen molar-refractivity contribution < 1.29 is 0 Å². The Morgan fingerprint density at radius 2 is 1.55 bits per heavy atom. The van der Waals surface area contributed by atoms with Crippen LogP contribution in [-0.4, -0.2) is 0 Å². The van der Waals surface area contributed by atoms with Crippen LogP contribution in [0.4, 0.5) is 11.4 Å². The molecule has 3 rings (SSSR count). The fraction of sp³-hybridized carbons (Fsp3) is 0.0476. The van der Waals surface area contributed by atoms with Crippen LogP contribution in [-0.2, 0) is 0 Å². The summed E-state index contributed by atoms with van der Waals surface area (Å²) >= 11 is 0. The molecule has 0 aliphatic rings. The Bertz CT molecular complexity index is 829. The average molecular weight is 285 g/mol. The van der Waals surface area contributed by atoms with Crippen LogP contribution in [0.25, 0.3) is 16.3 Å². The largest absolute Gasteiger partial charge is 0.355 e. The highest BCUT2D eigenvalue weighted by atomic mass is 14.9. The predicted molar refractivity (Wildman–Crippen MR) is 97.5 cm³/mol. The zero-order valence-electron chi connectivity index (χ0n) is 12.7. The van der Waals surface area contributed by atoms with E-state index in [-0.39, 0.29) is 0 Å². The van der Waals surface area contributed by atoms with Crippen LogP contribution in [0.15, 0.2) is 85.5 Å². The van der Waals surface area contributed by atoms with E-state index in [0.717, 1.165) is 16.9 Å². The Morgan fingerprint density at radius 3 is 2.23 bits per heavy atom. The highest BCUT2D eigenvalue weighted by Crippen LogP contribution is 2.32. The number of rotatable bonds is 4. The fourth-order valence-corrected chi connectivity index (χ4v) is 2.72. The van der Waals surface area contributed by atoms with E-state index in [0.29, 0.717) is 0 Å². The van der Waals surface area contributed by atoms with Crippen molar-refractivity contribution in [1.29, 1.82) is 0 Å². The van der Waals surface area contributed by atoms with Crippen molar-refractivity contribution >= 4 is 27.7 Å². The maximum absolute atomic E-state index is 3.92. The molecule has 0 aliphatic heterocycles. The van der Waals surface area contributed by atoms with Gasteiger partial charge in [0.1, 0.15) is 0 Å². The Kier molecular flexibility index (Phi) is 4.06. The molecular formula is C21H19N. The summed E-state index contributed by atoms with van der Waals surface area (Å²) in [5, 5.41) is 5.95. The number of benzene rings is 3. The van der Waals surface area contributed by atoms with E-state index < -0.39 is 0 Å². The van der Waals surface area contributed by atoms with Crippen molar-refractivity contribution in [3.05, 3.63) is 91.0 Å². The van der Waals surface area contributed by atoms with Gasteiger partial charge in [0.05, 0.1) is 0 Å². The molecule has 0 radical (unpaired) electrons. The molecule has 3 aromatic rings. The third kappa shape index (κ3) is 2.66. The van der Waals surface area contributed by atoms with Gasteiger partial charge in [-0.1, -0.05) is 67.3 Å². The van der Waals surface area contributed by atoms with Gasteiger partial charge in [0.15, 0.2) is 0 Å². The summed E-state index contributed by atoms with van der Waals surface area (Å²) < 4.78 is 0. The fourth-order valence-electron chi connectivity index (χ4n) is 2.72. The molecule has 0 heterocycles. The van der Waals surface area contributed by atoms with Gasteiger partial charge in [0.2, 0.25) is 0 Å². The zero-order valence-corrected chi connectivity index (χ0v) is 12.7. The molecule has 0 aromatic heterocycles. The van der Waals surface area contributed by atoms with E-state index in [1.165, 1.54) is 16.3 Å². The van der Waals surface area contributed by atoms with E-state index in [1.807, 2.05) is 31.2 Å². The van der Waals surface area contributed by atoms with Gasteiger partial charge < -0.3 is 5.32 Å². The lowest BCUT2D eigenvalue weighted by Gasteiger charge is -2.13. The van der Waals surface area contributed by atoms with Gasteiger partial charge >= 0.3 is 0 Å².